The van der Waals surface area contributed by atoms with Gasteiger partial charge in [-0.1, -0.05) is 39.0 Å². The molecule has 0 aromatic heterocycles. The number of carbonyl (C=O) groups excluding carboxylic acids is 2. The molecule has 4 nitrogen and oxygen atoms in total. The third-order valence-corrected chi connectivity index (χ3v) is 5.69. The van der Waals surface area contributed by atoms with E-state index < -0.39 is 0 Å². The molecule has 5 heteroatoms. The third kappa shape index (κ3) is 6.89. The maximum Gasteiger partial charge on any atom is 0.251 e. The number of amides is 2. The van der Waals surface area contributed by atoms with Crippen LogP contribution in [0, 0.1) is 3.57 Å². The predicted molar refractivity (Wildman–Crippen MR) is 114 cm³/mol. The van der Waals surface area contributed by atoms with Crippen LogP contribution >= 0.6 is 22.6 Å². The molecule has 0 bridgehead atoms. The van der Waals surface area contributed by atoms with Crippen LogP contribution in [0.5, 0.6) is 0 Å². The molecule has 2 amide bonds. The van der Waals surface area contributed by atoms with Gasteiger partial charge in [-0.3, -0.25) is 9.59 Å². The fourth-order valence-electron chi connectivity index (χ4n) is 3.39. The predicted octanol–water partition coefficient (Wildman–Crippen LogP) is 4.76. The monoisotopic (exact) mass is 470 g/mol. The number of nitrogens with one attached hydrogen (secondary N) is 1. The van der Waals surface area contributed by atoms with E-state index in [9.17, 15) is 9.59 Å². The summed E-state index contributed by atoms with van der Waals surface area (Å²) in [6, 6.07) is 7.06. The number of carbonyl (C=O) groups is 2. The number of likely N-dealkylation sites (tertiary alicyclic amines) is 1. The average Bonchev–Trinajstić information content (AvgIpc) is 2.81. The number of hydrogen-bond donors (Lipinski definition) is 1. The van der Waals surface area contributed by atoms with E-state index in [1.54, 1.807) is 0 Å². The summed E-state index contributed by atoms with van der Waals surface area (Å²) in [4.78, 5) is 27.3. The molecule has 1 aromatic carbocycles. The van der Waals surface area contributed by atoms with Gasteiger partial charge in [0.25, 0.3) is 5.91 Å². The van der Waals surface area contributed by atoms with Gasteiger partial charge in [0.15, 0.2) is 0 Å². The maximum atomic E-state index is 12.8. The van der Waals surface area contributed by atoms with Crippen LogP contribution in [0.1, 0.15) is 75.1 Å². The number of rotatable bonds is 9. The molecule has 0 spiro atoms. The number of hydrogen-bond acceptors (Lipinski definition) is 2. The van der Waals surface area contributed by atoms with Crippen molar-refractivity contribution in [2.75, 3.05) is 13.1 Å². The van der Waals surface area contributed by atoms with Crippen molar-refractivity contribution in [1.82, 2.24) is 10.2 Å². The molecule has 0 radical (unpaired) electrons. The average molecular weight is 470 g/mol. The van der Waals surface area contributed by atoms with Crippen LogP contribution in [0.15, 0.2) is 24.3 Å². The van der Waals surface area contributed by atoms with Crippen molar-refractivity contribution < 1.29 is 9.59 Å². The van der Waals surface area contributed by atoms with Gasteiger partial charge in [-0.2, -0.15) is 0 Å². The number of nitrogens with zero attached hydrogens (tertiary/aromatic N) is 1. The van der Waals surface area contributed by atoms with Crippen LogP contribution < -0.4 is 5.32 Å². The summed E-state index contributed by atoms with van der Waals surface area (Å²) < 4.78 is 1.09. The molecule has 144 valence electrons. The molecule has 0 aliphatic carbocycles. The normalized spacial score (nSPS) is 17.8. The fourth-order valence-corrected chi connectivity index (χ4v) is 3.75. The van der Waals surface area contributed by atoms with E-state index in [4.69, 9.17) is 0 Å². The van der Waals surface area contributed by atoms with Crippen LogP contribution in [-0.2, 0) is 4.79 Å². The largest absolute Gasteiger partial charge is 0.341 e. The highest BCUT2D eigenvalue weighted by atomic mass is 127. The maximum absolute atomic E-state index is 12.8. The summed E-state index contributed by atoms with van der Waals surface area (Å²) in [6.07, 6.45) is 10.1. The first-order chi connectivity index (χ1) is 12.6. The highest BCUT2D eigenvalue weighted by Crippen LogP contribution is 2.15. The van der Waals surface area contributed by atoms with Crippen LogP contribution in [0.4, 0.5) is 0 Å². The van der Waals surface area contributed by atoms with E-state index in [1.807, 2.05) is 29.2 Å². The highest BCUT2D eigenvalue weighted by molar-refractivity contribution is 14.1. The zero-order chi connectivity index (χ0) is 18.8. The lowest BCUT2D eigenvalue weighted by Crippen LogP contribution is -2.47. The van der Waals surface area contributed by atoms with E-state index in [2.05, 4.69) is 34.8 Å². The molecule has 1 fully saturated rings. The Kier molecular flexibility index (Phi) is 9.43. The topological polar surface area (TPSA) is 49.4 Å². The fraction of sp³-hybridized carbons (Fsp3) is 0.619. The molecule has 2 rings (SSSR count). The number of halogens is 1. The Bertz CT molecular complexity index is 574. The lowest BCUT2D eigenvalue weighted by Gasteiger charge is -2.25. The molecule has 1 heterocycles. The van der Waals surface area contributed by atoms with E-state index >= 15 is 0 Å². The zero-order valence-electron chi connectivity index (χ0n) is 15.8. The first-order valence-corrected chi connectivity index (χ1v) is 11.0. The van der Waals surface area contributed by atoms with Crippen molar-refractivity contribution in [2.24, 2.45) is 0 Å². The molecular formula is C21H31IN2O2. The van der Waals surface area contributed by atoms with Crippen molar-refractivity contribution in [3.05, 3.63) is 33.4 Å². The Balaban J connectivity index is 1.84. The Hall–Kier alpha value is -1.11. The minimum absolute atomic E-state index is 0.0925. The SMILES string of the molecule is CCCCCCCCN1CCCCC(NC(=O)c2ccc(I)cc2)C1=O. The lowest BCUT2D eigenvalue weighted by atomic mass is 10.1. The molecule has 1 aliphatic rings. The van der Waals surface area contributed by atoms with E-state index in [0.717, 1.165) is 42.3 Å². The molecule has 1 aromatic rings. The van der Waals surface area contributed by atoms with Crippen molar-refractivity contribution in [3.8, 4) is 0 Å². The van der Waals surface area contributed by atoms with Gasteiger partial charge in [0, 0.05) is 22.2 Å². The Labute approximate surface area is 171 Å². The van der Waals surface area contributed by atoms with E-state index in [0.29, 0.717) is 5.56 Å². The van der Waals surface area contributed by atoms with Crippen LogP contribution in [0.25, 0.3) is 0 Å². The number of unbranched alkanes of at least 4 members (excludes halogenated alkanes) is 5. The van der Waals surface area contributed by atoms with E-state index in [-0.39, 0.29) is 17.9 Å². The minimum Gasteiger partial charge on any atom is -0.341 e. The summed E-state index contributed by atoms with van der Waals surface area (Å²) in [5, 5.41) is 2.96. The first-order valence-electron chi connectivity index (χ1n) is 9.97. The summed E-state index contributed by atoms with van der Waals surface area (Å²) in [5.41, 5.74) is 0.616. The Morgan fingerprint density at radius 1 is 1.12 bits per heavy atom. The van der Waals surface area contributed by atoms with Gasteiger partial charge >= 0.3 is 0 Å². The third-order valence-electron chi connectivity index (χ3n) is 4.97. The van der Waals surface area contributed by atoms with Crippen LogP contribution in [0.2, 0.25) is 0 Å². The molecule has 26 heavy (non-hydrogen) atoms. The summed E-state index contributed by atoms with van der Waals surface area (Å²) in [6.45, 7) is 3.87. The lowest BCUT2D eigenvalue weighted by molar-refractivity contribution is -0.132. The Morgan fingerprint density at radius 3 is 2.54 bits per heavy atom. The highest BCUT2D eigenvalue weighted by Gasteiger charge is 2.28. The second-order valence-corrected chi connectivity index (χ2v) is 8.37. The van der Waals surface area contributed by atoms with Gasteiger partial charge in [-0.25, -0.2) is 0 Å². The molecule has 1 unspecified atom stereocenters. The van der Waals surface area contributed by atoms with Crippen LogP contribution in [0.3, 0.4) is 0 Å². The summed E-state index contributed by atoms with van der Waals surface area (Å²) in [5.74, 6) is -0.0592. The number of benzene rings is 1. The van der Waals surface area contributed by atoms with Gasteiger partial charge in [-0.05, 0) is 72.5 Å². The van der Waals surface area contributed by atoms with Gasteiger partial charge in [0.2, 0.25) is 5.91 Å². The van der Waals surface area contributed by atoms with Crippen molar-refractivity contribution in [3.63, 3.8) is 0 Å². The second kappa shape index (κ2) is 11.6. The molecule has 1 atom stereocenters. The van der Waals surface area contributed by atoms with Crippen molar-refractivity contribution in [2.45, 2.75) is 70.8 Å². The van der Waals surface area contributed by atoms with Crippen molar-refractivity contribution in [1.29, 1.82) is 0 Å². The van der Waals surface area contributed by atoms with Crippen molar-refractivity contribution >= 4 is 34.4 Å². The summed E-state index contributed by atoms with van der Waals surface area (Å²) in [7, 11) is 0. The van der Waals surface area contributed by atoms with Gasteiger partial charge in [0.05, 0.1) is 0 Å². The molecule has 1 N–H and O–H groups in total. The quantitative estimate of drug-likeness (QED) is 0.418. The molecular weight excluding hydrogens is 439 g/mol. The molecule has 1 aliphatic heterocycles. The first kappa shape index (κ1) is 21.2. The van der Waals surface area contributed by atoms with Gasteiger partial charge in [-0.15, -0.1) is 0 Å². The van der Waals surface area contributed by atoms with E-state index in [1.165, 1.54) is 32.1 Å². The van der Waals surface area contributed by atoms with Crippen LogP contribution in [-0.4, -0.2) is 35.8 Å². The standard InChI is InChI=1S/C21H31IN2O2/c1-2-3-4-5-6-8-15-24-16-9-7-10-19(21(24)26)23-20(25)17-11-13-18(22)14-12-17/h11-14,19H,2-10,15-16H2,1H3,(H,23,25). The zero-order valence-corrected chi connectivity index (χ0v) is 18.0. The molecule has 0 saturated carbocycles. The smallest absolute Gasteiger partial charge is 0.251 e. The molecule has 1 saturated heterocycles. The summed E-state index contributed by atoms with van der Waals surface area (Å²) >= 11 is 2.22. The minimum atomic E-state index is -0.385. The van der Waals surface area contributed by atoms with Gasteiger partial charge < -0.3 is 10.2 Å². The Morgan fingerprint density at radius 2 is 1.81 bits per heavy atom. The van der Waals surface area contributed by atoms with Gasteiger partial charge in [0.1, 0.15) is 6.04 Å². The second-order valence-electron chi connectivity index (χ2n) is 7.12.